The fraction of sp³-hybridized carbons (Fsp3) is 0.400. The summed E-state index contributed by atoms with van der Waals surface area (Å²) in [6, 6.07) is 8.13. The van der Waals surface area contributed by atoms with Crippen molar-refractivity contribution >= 4 is 11.6 Å². The lowest BCUT2D eigenvalue weighted by Gasteiger charge is -2.25. The second kappa shape index (κ2) is 6.11. The SMILES string of the molecule is CCC#CCN1Cc2ccccc2NCCC1=O. The molecule has 1 aromatic rings. The second-order valence-corrected chi connectivity index (χ2v) is 4.29. The number of rotatable bonds is 1. The molecule has 1 aromatic carbocycles. The largest absolute Gasteiger partial charge is 0.384 e. The van der Waals surface area contributed by atoms with E-state index in [0.29, 0.717) is 26.1 Å². The Labute approximate surface area is 108 Å². The molecule has 0 bridgehead atoms. The third kappa shape index (κ3) is 3.04. The molecule has 3 nitrogen and oxygen atoms in total. The first-order valence-electron chi connectivity index (χ1n) is 6.36. The summed E-state index contributed by atoms with van der Waals surface area (Å²) in [5.74, 6) is 6.23. The second-order valence-electron chi connectivity index (χ2n) is 4.29. The molecule has 0 spiro atoms. The zero-order valence-electron chi connectivity index (χ0n) is 10.7. The molecule has 1 heterocycles. The normalized spacial score (nSPS) is 14.7. The monoisotopic (exact) mass is 242 g/mol. The van der Waals surface area contributed by atoms with Crippen molar-refractivity contribution in [1.29, 1.82) is 0 Å². The molecule has 18 heavy (non-hydrogen) atoms. The van der Waals surface area contributed by atoms with E-state index in [1.54, 1.807) is 0 Å². The van der Waals surface area contributed by atoms with Crippen LogP contribution in [0.4, 0.5) is 5.69 Å². The maximum Gasteiger partial charge on any atom is 0.225 e. The van der Waals surface area contributed by atoms with Crippen LogP contribution in [-0.2, 0) is 11.3 Å². The van der Waals surface area contributed by atoms with Gasteiger partial charge in [0, 0.05) is 31.6 Å². The van der Waals surface area contributed by atoms with Crippen LogP contribution in [0.25, 0.3) is 0 Å². The van der Waals surface area contributed by atoms with Gasteiger partial charge >= 0.3 is 0 Å². The average Bonchev–Trinajstić information content (AvgIpc) is 2.37. The van der Waals surface area contributed by atoms with Crippen molar-refractivity contribution in [3.63, 3.8) is 0 Å². The molecule has 1 N–H and O–H groups in total. The molecule has 0 fully saturated rings. The Bertz CT molecular complexity index is 485. The van der Waals surface area contributed by atoms with Crippen LogP contribution in [0.15, 0.2) is 24.3 Å². The summed E-state index contributed by atoms with van der Waals surface area (Å²) in [6.07, 6.45) is 1.36. The van der Waals surface area contributed by atoms with E-state index in [4.69, 9.17) is 0 Å². The third-order valence-electron chi connectivity index (χ3n) is 2.96. The summed E-state index contributed by atoms with van der Waals surface area (Å²) in [5, 5.41) is 3.30. The average molecular weight is 242 g/mol. The lowest BCUT2D eigenvalue weighted by Crippen LogP contribution is -2.34. The lowest BCUT2D eigenvalue weighted by atomic mass is 10.1. The van der Waals surface area contributed by atoms with Crippen molar-refractivity contribution < 1.29 is 4.79 Å². The standard InChI is InChI=1S/C15H18N2O/c1-2-3-6-11-17-12-13-7-4-5-8-14(13)16-10-9-15(17)18/h4-5,7-8,16H,2,9-12H2,1H3. The number of benzene rings is 1. The van der Waals surface area contributed by atoms with Crippen molar-refractivity contribution in [3.8, 4) is 11.8 Å². The van der Waals surface area contributed by atoms with Crippen LogP contribution in [-0.4, -0.2) is 23.9 Å². The smallest absolute Gasteiger partial charge is 0.225 e. The Morgan fingerprint density at radius 2 is 2.17 bits per heavy atom. The highest BCUT2D eigenvalue weighted by molar-refractivity contribution is 5.78. The first kappa shape index (κ1) is 12.5. The van der Waals surface area contributed by atoms with Gasteiger partial charge < -0.3 is 10.2 Å². The number of hydrogen-bond donors (Lipinski definition) is 1. The minimum atomic E-state index is 0.169. The Morgan fingerprint density at radius 3 is 3.00 bits per heavy atom. The molecule has 3 heteroatoms. The van der Waals surface area contributed by atoms with Crippen LogP contribution in [0.1, 0.15) is 25.3 Å². The zero-order chi connectivity index (χ0) is 12.8. The summed E-state index contributed by atoms with van der Waals surface area (Å²) >= 11 is 0. The lowest BCUT2D eigenvalue weighted by molar-refractivity contribution is -0.130. The minimum absolute atomic E-state index is 0.169. The van der Waals surface area contributed by atoms with Gasteiger partial charge in [-0.25, -0.2) is 0 Å². The Kier molecular flexibility index (Phi) is 4.25. The van der Waals surface area contributed by atoms with Crippen LogP contribution >= 0.6 is 0 Å². The van der Waals surface area contributed by atoms with Crippen molar-refractivity contribution in [2.45, 2.75) is 26.3 Å². The van der Waals surface area contributed by atoms with Gasteiger partial charge in [0.05, 0.1) is 6.54 Å². The van der Waals surface area contributed by atoms with E-state index in [9.17, 15) is 4.79 Å². The molecule has 0 saturated carbocycles. The molecular weight excluding hydrogens is 224 g/mol. The first-order valence-corrected chi connectivity index (χ1v) is 6.36. The van der Waals surface area contributed by atoms with Gasteiger partial charge in [0.15, 0.2) is 0 Å². The number of amides is 1. The summed E-state index contributed by atoms with van der Waals surface area (Å²) in [6.45, 7) is 3.87. The molecule has 0 aromatic heterocycles. The van der Waals surface area contributed by atoms with Crippen molar-refractivity contribution in [2.75, 3.05) is 18.4 Å². The molecule has 1 aliphatic rings. The summed E-state index contributed by atoms with van der Waals surface area (Å²) in [5.41, 5.74) is 2.28. The van der Waals surface area contributed by atoms with Gasteiger partial charge in [-0.3, -0.25) is 4.79 Å². The number of carbonyl (C=O) groups is 1. The zero-order valence-corrected chi connectivity index (χ0v) is 10.7. The summed E-state index contributed by atoms with van der Waals surface area (Å²) in [4.78, 5) is 13.8. The van der Waals surface area contributed by atoms with Crippen LogP contribution in [0.2, 0.25) is 0 Å². The molecular formula is C15H18N2O. The fourth-order valence-corrected chi connectivity index (χ4v) is 2.01. The Balaban J connectivity index is 2.17. The van der Waals surface area contributed by atoms with Gasteiger partial charge in [-0.1, -0.05) is 31.0 Å². The molecule has 1 amide bonds. The predicted octanol–water partition coefficient (Wildman–Crippen LogP) is 2.24. The van der Waals surface area contributed by atoms with Gasteiger partial charge in [0.2, 0.25) is 5.91 Å². The molecule has 0 aliphatic carbocycles. The van der Waals surface area contributed by atoms with Gasteiger partial charge in [-0.2, -0.15) is 0 Å². The molecule has 0 atom stereocenters. The van der Waals surface area contributed by atoms with E-state index in [-0.39, 0.29) is 5.91 Å². The van der Waals surface area contributed by atoms with E-state index in [2.05, 4.69) is 29.3 Å². The fourth-order valence-electron chi connectivity index (χ4n) is 2.01. The van der Waals surface area contributed by atoms with E-state index >= 15 is 0 Å². The summed E-state index contributed by atoms with van der Waals surface area (Å²) in [7, 11) is 0. The quantitative estimate of drug-likeness (QED) is 0.766. The van der Waals surface area contributed by atoms with E-state index in [1.165, 1.54) is 0 Å². The molecule has 2 rings (SSSR count). The maximum atomic E-state index is 12.0. The number of nitrogens with one attached hydrogen (secondary N) is 1. The van der Waals surface area contributed by atoms with Gasteiger partial charge in [-0.05, 0) is 11.6 Å². The maximum absolute atomic E-state index is 12.0. The number of anilines is 1. The van der Waals surface area contributed by atoms with Crippen molar-refractivity contribution in [2.24, 2.45) is 0 Å². The third-order valence-corrected chi connectivity index (χ3v) is 2.96. The Morgan fingerprint density at radius 1 is 1.33 bits per heavy atom. The van der Waals surface area contributed by atoms with Crippen molar-refractivity contribution in [1.82, 2.24) is 4.90 Å². The molecule has 0 saturated heterocycles. The van der Waals surface area contributed by atoms with Crippen LogP contribution < -0.4 is 5.32 Å². The van der Waals surface area contributed by atoms with E-state index in [0.717, 1.165) is 17.7 Å². The van der Waals surface area contributed by atoms with E-state index in [1.807, 2.05) is 24.0 Å². The number of fused-ring (bicyclic) bond motifs is 1. The molecule has 0 radical (unpaired) electrons. The predicted molar refractivity (Wildman–Crippen MR) is 73.0 cm³/mol. The minimum Gasteiger partial charge on any atom is -0.384 e. The Hall–Kier alpha value is -1.95. The topological polar surface area (TPSA) is 32.3 Å². The van der Waals surface area contributed by atoms with Crippen LogP contribution in [0.3, 0.4) is 0 Å². The summed E-state index contributed by atoms with van der Waals surface area (Å²) < 4.78 is 0. The molecule has 1 aliphatic heterocycles. The highest BCUT2D eigenvalue weighted by Gasteiger charge is 2.17. The molecule has 0 unspecified atom stereocenters. The van der Waals surface area contributed by atoms with Gasteiger partial charge in [-0.15, -0.1) is 5.92 Å². The molecule has 94 valence electrons. The highest BCUT2D eigenvalue weighted by Crippen LogP contribution is 2.19. The van der Waals surface area contributed by atoms with Crippen LogP contribution in [0, 0.1) is 11.8 Å². The van der Waals surface area contributed by atoms with Crippen LogP contribution in [0.5, 0.6) is 0 Å². The number of carbonyl (C=O) groups excluding carboxylic acids is 1. The first-order chi connectivity index (χ1) is 8.81. The van der Waals surface area contributed by atoms with Gasteiger partial charge in [0.25, 0.3) is 0 Å². The van der Waals surface area contributed by atoms with Gasteiger partial charge in [0.1, 0.15) is 0 Å². The number of nitrogens with zero attached hydrogens (tertiary/aromatic N) is 1. The number of hydrogen-bond acceptors (Lipinski definition) is 2. The van der Waals surface area contributed by atoms with E-state index < -0.39 is 0 Å². The van der Waals surface area contributed by atoms with Crippen molar-refractivity contribution in [3.05, 3.63) is 29.8 Å². The highest BCUT2D eigenvalue weighted by atomic mass is 16.2. The number of para-hydroxylation sites is 1.